The largest absolute Gasteiger partial charge is 0.387 e. The molecule has 0 bridgehead atoms. The molecule has 6 heteroatoms. The molecule has 0 aliphatic carbocycles. The molecule has 1 aromatic carbocycles. The summed E-state index contributed by atoms with van der Waals surface area (Å²) in [7, 11) is 0. The van der Waals surface area contributed by atoms with E-state index >= 15 is 0 Å². The summed E-state index contributed by atoms with van der Waals surface area (Å²) in [6.45, 7) is 4.14. The molecule has 116 valence electrons. The molecule has 2 N–H and O–H groups in total. The Balaban J connectivity index is 1.84. The van der Waals surface area contributed by atoms with E-state index in [1.807, 2.05) is 0 Å². The van der Waals surface area contributed by atoms with Gasteiger partial charge in [-0.2, -0.15) is 0 Å². The fourth-order valence-corrected chi connectivity index (χ4v) is 2.29. The Morgan fingerprint density at radius 1 is 1.43 bits per heavy atom. The number of benzene rings is 1. The van der Waals surface area contributed by atoms with Crippen LogP contribution in [0, 0.1) is 5.82 Å². The molecule has 5 nitrogen and oxygen atoms in total. The van der Waals surface area contributed by atoms with E-state index in [1.54, 1.807) is 24.0 Å². The number of nitrogens with one attached hydrogen (secondary N) is 1. The summed E-state index contributed by atoms with van der Waals surface area (Å²) in [6, 6.07) is 5.66. The lowest BCUT2D eigenvalue weighted by Crippen LogP contribution is -2.49. The van der Waals surface area contributed by atoms with Gasteiger partial charge in [0.1, 0.15) is 5.82 Å². The lowest BCUT2D eigenvalue weighted by molar-refractivity contribution is -0.137. The lowest BCUT2D eigenvalue weighted by Gasteiger charge is -2.29. The maximum Gasteiger partial charge on any atom is 0.239 e. The molecule has 1 heterocycles. The molecule has 1 aliphatic rings. The maximum absolute atomic E-state index is 13.5. The Kier molecular flexibility index (Phi) is 5.67. The molecule has 2 rings (SSSR count). The van der Waals surface area contributed by atoms with E-state index in [1.165, 1.54) is 12.1 Å². The predicted octanol–water partition coefficient (Wildman–Crippen LogP) is 0.696. The first-order chi connectivity index (χ1) is 10.1. The minimum absolute atomic E-state index is 0.0287. The predicted molar refractivity (Wildman–Crippen MR) is 76.2 cm³/mol. The van der Waals surface area contributed by atoms with Crippen LogP contribution in [-0.2, 0) is 9.53 Å². The van der Waals surface area contributed by atoms with Crippen LogP contribution in [0.25, 0.3) is 0 Å². The number of nitrogens with zero attached hydrogens (tertiary/aromatic N) is 1. The number of morpholine rings is 1. The number of aliphatic hydroxyl groups is 1. The van der Waals surface area contributed by atoms with Crippen molar-refractivity contribution >= 4 is 5.91 Å². The molecule has 2 atom stereocenters. The standard InChI is InChI=1S/C15H21FN2O3/c1-11(15(20)18-6-8-21-9-7-18)17-10-14(19)12-4-2-3-5-13(12)16/h2-5,11,14,17,19H,6-10H2,1H3. The third-order valence-corrected chi connectivity index (χ3v) is 3.57. The van der Waals surface area contributed by atoms with Crippen LogP contribution >= 0.6 is 0 Å². The zero-order valence-corrected chi connectivity index (χ0v) is 12.1. The minimum Gasteiger partial charge on any atom is -0.387 e. The summed E-state index contributed by atoms with van der Waals surface area (Å²) >= 11 is 0. The van der Waals surface area contributed by atoms with Crippen LogP contribution < -0.4 is 5.32 Å². The fraction of sp³-hybridized carbons (Fsp3) is 0.533. The molecule has 1 aliphatic heterocycles. The van der Waals surface area contributed by atoms with Crippen LogP contribution in [0.5, 0.6) is 0 Å². The highest BCUT2D eigenvalue weighted by atomic mass is 19.1. The molecule has 1 fully saturated rings. The number of aliphatic hydroxyl groups excluding tert-OH is 1. The number of hydrogen-bond donors (Lipinski definition) is 2. The van der Waals surface area contributed by atoms with Gasteiger partial charge in [0.05, 0.1) is 25.4 Å². The highest BCUT2D eigenvalue weighted by Gasteiger charge is 2.23. The van der Waals surface area contributed by atoms with E-state index in [0.717, 1.165) is 0 Å². The fourth-order valence-electron chi connectivity index (χ4n) is 2.29. The van der Waals surface area contributed by atoms with Crippen molar-refractivity contribution < 1.29 is 19.0 Å². The number of halogens is 1. The van der Waals surface area contributed by atoms with Gasteiger partial charge in [0.15, 0.2) is 0 Å². The van der Waals surface area contributed by atoms with Crippen molar-refractivity contribution in [1.29, 1.82) is 0 Å². The second-order valence-electron chi connectivity index (χ2n) is 5.10. The number of hydrogen-bond acceptors (Lipinski definition) is 4. The Bertz CT molecular complexity index is 478. The van der Waals surface area contributed by atoms with Crippen molar-refractivity contribution in [2.45, 2.75) is 19.1 Å². The number of ether oxygens (including phenoxy) is 1. The van der Waals surface area contributed by atoms with Crippen LogP contribution in [0.1, 0.15) is 18.6 Å². The van der Waals surface area contributed by atoms with Gasteiger partial charge >= 0.3 is 0 Å². The van der Waals surface area contributed by atoms with Gasteiger partial charge in [-0.1, -0.05) is 18.2 Å². The summed E-state index contributed by atoms with van der Waals surface area (Å²) in [4.78, 5) is 13.9. The van der Waals surface area contributed by atoms with E-state index in [9.17, 15) is 14.3 Å². The Hall–Kier alpha value is -1.50. The molecule has 0 spiro atoms. The van der Waals surface area contributed by atoms with Gasteiger partial charge in [-0.25, -0.2) is 4.39 Å². The second kappa shape index (κ2) is 7.49. The summed E-state index contributed by atoms with van der Waals surface area (Å²) < 4.78 is 18.7. The topological polar surface area (TPSA) is 61.8 Å². The van der Waals surface area contributed by atoms with Gasteiger partial charge in [0, 0.05) is 25.2 Å². The molecule has 0 saturated carbocycles. The second-order valence-corrected chi connectivity index (χ2v) is 5.10. The van der Waals surface area contributed by atoms with E-state index in [4.69, 9.17) is 4.74 Å². The SMILES string of the molecule is CC(NCC(O)c1ccccc1F)C(=O)N1CCOCC1. The van der Waals surface area contributed by atoms with Crippen molar-refractivity contribution in [3.05, 3.63) is 35.6 Å². The normalized spacial score (nSPS) is 18.3. The van der Waals surface area contributed by atoms with E-state index in [0.29, 0.717) is 26.3 Å². The van der Waals surface area contributed by atoms with Crippen molar-refractivity contribution in [2.75, 3.05) is 32.8 Å². The van der Waals surface area contributed by atoms with Crippen LogP contribution in [-0.4, -0.2) is 54.8 Å². The number of rotatable bonds is 5. The molecule has 1 amide bonds. The number of amides is 1. The summed E-state index contributed by atoms with van der Waals surface area (Å²) in [5.41, 5.74) is 0.232. The van der Waals surface area contributed by atoms with E-state index < -0.39 is 18.0 Å². The van der Waals surface area contributed by atoms with Crippen LogP contribution in [0.4, 0.5) is 4.39 Å². The molecule has 2 unspecified atom stereocenters. The lowest BCUT2D eigenvalue weighted by atomic mass is 10.1. The molecular formula is C15H21FN2O3. The average Bonchev–Trinajstić information content (AvgIpc) is 2.52. The minimum atomic E-state index is -0.980. The van der Waals surface area contributed by atoms with Crippen molar-refractivity contribution in [2.24, 2.45) is 0 Å². The van der Waals surface area contributed by atoms with Gasteiger partial charge in [-0.15, -0.1) is 0 Å². The van der Waals surface area contributed by atoms with Crippen LogP contribution in [0.2, 0.25) is 0 Å². The van der Waals surface area contributed by atoms with Gasteiger partial charge in [-0.3, -0.25) is 4.79 Å². The highest BCUT2D eigenvalue weighted by molar-refractivity contribution is 5.81. The van der Waals surface area contributed by atoms with Gasteiger partial charge < -0.3 is 20.1 Å². The van der Waals surface area contributed by atoms with Gasteiger partial charge in [-0.05, 0) is 13.0 Å². The van der Waals surface area contributed by atoms with Gasteiger partial charge in [0.2, 0.25) is 5.91 Å². The van der Waals surface area contributed by atoms with Crippen molar-refractivity contribution in [1.82, 2.24) is 10.2 Å². The summed E-state index contributed by atoms with van der Waals surface area (Å²) in [5, 5.41) is 13.0. The maximum atomic E-state index is 13.5. The first kappa shape index (κ1) is 15.9. The Morgan fingerprint density at radius 3 is 2.76 bits per heavy atom. The zero-order chi connectivity index (χ0) is 15.2. The van der Waals surface area contributed by atoms with Crippen molar-refractivity contribution in [3.63, 3.8) is 0 Å². The van der Waals surface area contributed by atoms with E-state index in [2.05, 4.69) is 5.32 Å². The number of carbonyl (C=O) groups excluding carboxylic acids is 1. The van der Waals surface area contributed by atoms with E-state index in [-0.39, 0.29) is 18.0 Å². The first-order valence-electron chi connectivity index (χ1n) is 7.12. The first-order valence-corrected chi connectivity index (χ1v) is 7.12. The molecule has 0 aromatic heterocycles. The van der Waals surface area contributed by atoms with Crippen LogP contribution in [0.3, 0.4) is 0 Å². The number of carbonyl (C=O) groups is 1. The Labute approximate surface area is 123 Å². The quantitative estimate of drug-likeness (QED) is 0.839. The highest BCUT2D eigenvalue weighted by Crippen LogP contribution is 2.15. The average molecular weight is 296 g/mol. The van der Waals surface area contributed by atoms with Gasteiger partial charge in [0.25, 0.3) is 0 Å². The third-order valence-electron chi connectivity index (χ3n) is 3.57. The Morgan fingerprint density at radius 2 is 2.10 bits per heavy atom. The third kappa shape index (κ3) is 4.23. The van der Waals surface area contributed by atoms with Crippen molar-refractivity contribution in [3.8, 4) is 0 Å². The van der Waals surface area contributed by atoms with Crippen LogP contribution in [0.15, 0.2) is 24.3 Å². The molecule has 21 heavy (non-hydrogen) atoms. The zero-order valence-electron chi connectivity index (χ0n) is 12.1. The molecule has 0 radical (unpaired) electrons. The monoisotopic (exact) mass is 296 g/mol. The molecular weight excluding hydrogens is 275 g/mol. The summed E-state index contributed by atoms with van der Waals surface area (Å²) in [6.07, 6.45) is -0.980. The summed E-state index contributed by atoms with van der Waals surface area (Å²) in [5.74, 6) is -0.474. The molecule has 1 saturated heterocycles. The smallest absolute Gasteiger partial charge is 0.239 e. The molecule has 1 aromatic rings.